The lowest BCUT2D eigenvalue weighted by molar-refractivity contribution is 0.0644. The maximum Gasteiger partial charge on any atom is 0.265 e. The first-order valence-electron chi connectivity index (χ1n) is 9.66. The summed E-state index contributed by atoms with van der Waals surface area (Å²) in [7, 11) is -3.71. The molecule has 0 bridgehead atoms. The summed E-state index contributed by atoms with van der Waals surface area (Å²) in [5.74, 6) is -0.165. The number of thiophene rings is 1. The molecule has 1 aromatic carbocycles. The second kappa shape index (κ2) is 7.94. The number of benzene rings is 1. The molecule has 2 aliphatic heterocycles. The molecule has 2 aromatic rings. The van der Waals surface area contributed by atoms with Crippen LogP contribution in [0.2, 0.25) is 0 Å². The van der Waals surface area contributed by atoms with Gasteiger partial charge in [0.25, 0.3) is 5.91 Å². The van der Waals surface area contributed by atoms with Crippen LogP contribution in [0.5, 0.6) is 0 Å². The Bertz CT molecular complexity index is 963. The van der Waals surface area contributed by atoms with E-state index in [4.69, 9.17) is 0 Å². The normalized spacial score (nSPS) is 18.8. The van der Waals surface area contributed by atoms with E-state index >= 15 is 0 Å². The van der Waals surface area contributed by atoms with Gasteiger partial charge in [0.1, 0.15) is 9.77 Å². The van der Waals surface area contributed by atoms with Crippen LogP contribution >= 0.6 is 11.3 Å². The Morgan fingerprint density at radius 3 is 2.46 bits per heavy atom. The molecule has 0 N–H and O–H groups in total. The van der Waals surface area contributed by atoms with Gasteiger partial charge in [-0.05, 0) is 35.5 Å². The molecule has 4 rings (SSSR count). The zero-order chi connectivity index (χ0) is 19.7. The van der Waals surface area contributed by atoms with Crippen LogP contribution in [-0.2, 0) is 23.0 Å². The van der Waals surface area contributed by atoms with Crippen LogP contribution in [0, 0.1) is 0 Å². The minimum absolute atomic E-state index is 0.153. The van der Waals surface area contributed by atoms with Crippen LogP contribution < -0.4 is 0 Å². The Morgan fingerprint density at radius 2 is 1.75 bits per heavy atom. The molecule has 0 radical (unpaired) electrons. The first-order valence-corrected chi connectivity index (χ1v) is 12.0. The molecule has 1 aromatic heterocycles. The fourth-order valence-corrected chi connectivity index (χ4v) is 6.66. The van der Waals surface area contributed by atoms with Crippen molar-refractivity contribution in [2.45, 2.75) is 24.8 Å². The van der Waals surface area contributed by atoms with Crippen molar-refractivity contribution in [1.29, 1.82) is 0 Å². The highest BCUT2D eigenvalue weighted by molar-refractivity contribution is 7.89. The van der Waals surface area contributed by atoms with Crippen molar-refractivity contribution in [3.8, 4) is 0 Å². The van der Waals surface area contributed by atoms with E-state index in [0.29, 0.717) is 37.5 Å². The monoisotopic (exact) mass is 419 g/mol. The number of carbonyl (C=O) groups excluding carboxylic acids is 1. The van der Waals surface area contributed by atoms with Crippen molar-refractivity contribution in [2.75, 3.05) is 39.3 Å². The molecule has 3 heterocycles. The van der Waals surface area contributed by atoms with E-state index in [1.807, 2.05) is 18.2 Å². The van der Waals surface area contributed by atoms with Crippen molar-refractivity contribution >= 4 is 27.3 Å². The zero-order valence-electron chi connectivity index (χ0n) is 16.0. The second-order valence-corrected chi connectivity index (χ2v) is 10.0. The molecule has 150 valence electrons. The SMILES string of the molecule is CCN1CCN(C(=O)c2sccc2S(=O)(=O)N2CCc3ccccc3C2)CC1. The van der Waals surface area contributed by atoms with Crippen LogP contribution in [0.4, 0.5) is 0 Å². The third-order valence-corrected chi connectivity index (χ3v) is 8.56. The van der Waals surface area contributed by atoms with Gasteiger partial charge in [0.05, 0.1) is 0 Å². The highest BCUT2D eigenvalue weighted by atomic mass is 32.2. The van der Waals surface area contributed by atoms with Crippen molar-refractivity contribution in [1.82, 2.24) is 14.1 Å². The Hall–Kier alpha value is -1.74. The summed E-state index contributed by atoms with van der Waals surface area (Å²) >= 11 is 1.22. The van der Waals surface area contributed by atoms with Gasteiger partial charge in [0.2, 0.25) is 10.0 Å². The predicted molar refractivity (Wildman–Crippen MR) is 110 cm³/mol. The number of nitrogens with zero attached hydrogens (tertiary/aromatic N) is 3. The minimum Gasteiger partial charge on any atom is -0.335 e. The van der Waals surface area contributed by atoms with Crippen molar-refractivity contribution in [3.63, 3.8) is 0 Å². The van der Waals surface area contributed by atoms with Crippen LogP contribution in [0.25, 0.3) is 0 Å². The van der Waals surface area contributed by atoms with Gasteiger partial charge < -0.3 is 9.80 Å². The third kappa shape index (κ3) is 3.61. The van der Waals surface area contributed by atoms with Crippen molar-refractivity contribution < 1.29 is 13.2 Å². The number of likely N-dealkylation sites (N-methyl/N-ethyl adjacent to an activating group) is 1. The molecular formula is C20H25N3O3S2. The minimum atomic E-state index is -3.71. The summed E-state index contributed by atoms with van der Waals surface area (Å²) in [6, 6.07) is 9.52. The number of hydrogen-bond acceptors (Lipinski definition) is 5. The summed E-state index contributed by atoms with van der Waals surface area (Å²) in [6.45, 7) is 6.82. The topological polar surface area (TPSA) is 60.9 Å². The Balaban J connectivity index is 1.56. The molecule has 0 aliphatic carbocycles. The fraction of sp³-hybridized carbons (Fsp3) is 0.450. The average Bonchev–Trinajstić information content (AvgIpc) is 3.24. The molecule has 1 fully saturated rings. The van der Waals surface area contributed by atoms with E-state index in [0.717, 1.165) is 25.2 Å². The van der Waals surface area contributed by atoms with Gasteiger partial charge in [-0.3, -0.25) is 4.79 Å². The van der Waals surface area contributed by atoms with Crippen molar-refractivity contribution in [2.24, 2.45) is 0 Å². The first-order chi connectivity index (χ1) is 13.5. The molecule has 0 saturated carbocycles. The number of fused-ring (bicyclic) bond motifs is 1. The highest BCUT2D eigenvalue weighted by Gasteiger charge is 2.34. The average molecular weight is 420 g/mol. The smallest absolute Gasteiger partial charge is 0.265 e. The first kappa shape index (κ1) is 19.6. The third-order valence-electron chi connectivity index (χ3n) is 5.64. The maximum atomic E-state index is 13.3. The van der Waals surface area contributed by atoms with Gasteiger partial charge in [-0.1, -0.05) is 31.2 Å². The lowest BCUT2D eigenvalue weighted by atomic mass is 10.0. The molecule has 6 nitrogen and oxygen atoms in total. The molecule has 1 amide bonds. The van der Waals surface area contributed by atoms with Crippen LogP contribution in [-0.4, -0.2) is 67.7 Å². The number of rotatable bonds is 4. The molecule has 0 unspecified atom stereocenters. The van der Waals surface area contributed by atoms with Gasteiger partial charge in [-0.15, -0.1) is 11.3 Å². The maximum absolute atomic E-state index is 13.3. The Labute approximate surface area is 170 Å². The van der Waals surface area contributed by atoms with Gasteiger partial charge >= 0.3 is 0 Å². The summed E-state index contributed by atoms with van der Waals surface area (Å²) < 4.78 is 28.1. The zero-order valence-corrected chi connectivity index (χ0v) is 17.6. The number of sulfonamides is 1. The summed E-state index contributed by atoms with van der Waals surface area (Å²) in [6.07, 6.45) is 0.696. The van der Waals surface area contributed by atoms with Crippen molar-refractivity contribution in [3.05, 3.63) is 51.7 Å². The lowest BCUT2D eigenvalue weighted by Crippen LogP contribution is -2.48. The molecule has 28 heavy (non-hydrogen) atoms. The quantitative estimate of drug-likeness (QED) is 0.763. The summed E-state index contributed by atoms with van der Waals surface area (Å²) in [4.78, 5) is 17.6. The summed E-state index contributed by atoms with van der Waals surface area (Å²) in [5, 5.41) is 1.71. The second-order valence-electron chi connectivity index (χ2n) is 7.20. The molecular weight excluding hydrogens is 394 g/mol. The number of hydrogen-bond donors (Lipinski definition) is 0. The van der Waals surface area contributed by atoms with Gasteiger partial charge in [-0.2, -0.15) is 4.31 Å². The van der Waals surface area contributed by atoms with Crippen LogP contribution in [0.3, 0.4) is 0 Å². The largest absolute Gasteiger partial charge is 0.335 e. The highest BCUT2D eigenvalue weighted by Crippen LogP contribution is 2.30. The van der Waals surface area contributed by atoms with Gasteiger partial charge in [0.15, 0.2) is 0 Å². The predicted octanol–water partition coefficient (Wildman–Crippen LogP) is 2.27. The molecule has 8 heteroatoms. The molecule has 1 saturated heterocycles. The Morgan fingerprint density at radius 1 is 1.04 bits per heavy atom. The van der Waals surface area contributed by atoms with Crippen LogP contribution in [0.1, 0.15) is 27.7 Å². The number of piperazine rings is 1. The van der Waals surface area contributed by atoms with E-state index in [1.54, 1.807) is 16.3 Å². The molecule has 2 aliphatic rings. The fourth-order valence-electron chi connectivity index (χ4n) is 3.88. The van der Waals surface area contributed by atoms with E-state index in [-0.39, 0.29) is 10.8 Å². The Kier molecular flexibility index (Phi) is 5.55. The summed E-state index contributed by atoms with van der Waals surface area (Å²) in [5.41, 5.74) is 2.24. The number of carbonyl (C=O) groups is 1. The number of amides is 1. The lowest BCUT2D eigenvalue weighted by Gasteiger charge is -2.34. The molecule has 0 spiro atoms. The van der Waals surface area contributed by atoms with Gasteiger partial charge in [0, 0.05) is 39.3 Å². The van der Waals surface area contributed by atoms with E-state index in [1.165, 1.54) is 21.2 Å². The standard InChI is InChI=1S/C20H25N3O3S2/c1-2-21-10-12-22(13-11-21)20(24)19-18(8-14-27-19)28(25,26)23-9-7-16-5-3-4-6-17(16)15-23/h3-6,8,14H,2,7,9-13,15H2,1H3. The van der Waals surface area contributed by atoms with E-state index in [2.05, 4.69) is 17.9 Å². The van der Waals surface area contributed by atoms with Gasteiger partial charge in [-0.25, -0.2) is 8.42 Å². The van der Waals surface area contributed by atoms with E-state index < -0.39 is 10.0 Å². The van der Waals surface area contributed by atoms with E-state index in [9.17, 15) is 13.2 Å². The van der Waals surface area contributed by atoms with Crippen LogP contribution in [0.15, 0.2) is 40.6 Å². The molecule has 0 atom stereocenters.